The summed E-state index contributed by atoms with van der Waals surface area (Å²) in [4.78, 5) is 27.3. The summed E-state index contributed by atoms with van der Waals surface area (Å²) in [5.74, 6) is 0. The van der Waals surface area contributed by atoms with Gasteiger partial charge in [0.25, 0.3) is 0 Å². The molecule has 120 valence electrons. The second-order valence-electron chi connectivity index (χ2n) is 5.37. The van der Waals surface area contributed by atoms with Gasteiger partial charge in [-0.15, -0.1) is 0 Å². The summed E-state index contributed by atoms with van der Waals surface area (Å²) in [5, 5.41) is 2.97. The van der Waals surface area contributed by atoms with Gasteiger partial charge < -0.3 is 19.9 Å². The van der Waals surface area contributed by atoms with Crippen molar-refractivity contribution in [2.45, 2.75) is 20.8 Å². The van der Waals surface area contributed by atoms with Crippen molar-refractivity contribution in [3.05, 3.63) is 29.3 Å². The van der Waals surface area contributed by atoms with Gasteiger partial charge in [0.15, 0.2) is 0 Å². The molecule has 6 nitrogen and oxygen atoms in total. The highest BCUT2D eigenvalue weighted by atomic mass is 16.6. The molecule has 0 aromatic heterocycles. The van der Waals surface area contributed by atoms with Crippen LogP contribution in [-0.2, 0) is 4.74 Å². The van der Waals surface area contributed by atoms with Crippen LogP contribution in [0.4, 0.5) is 15.3 Å². The molecule has 0 bridgehead atoms. The van der Waals surface area contributed by atoms with Gasteiger partial charge in [-0.05, 0) is 31.9 Å². The van der Waals surface area contributed by atoms with E-state index in [1.807, 2.05) is 32.0 Å². The lowest BCUT2D eigenvalue weighted by Gasteiger charge is -2.34. The van der Waals surface area contributed by atoms with E-state index in [9.17, 15) is 9.59 Å². The maximum absolute atomic E-state index is 12.4. The zero-order valence-electron chi connectivity index (χ0n) is 13.4. The Balaban J connectivity index is 1.92. The topological polar surface area (TPSA) is 61.9 Å². The first-order valence-electron chi connectivity index (χ1n) is 7.56. The molecule has 22 heavy (non-hydrogen) atoms. The molecule has 1 aromatic carbocycles. The van der Waals surface area contributed by atoms with Gasteiger partial charge in [0.05, 0.1) is 6.61 Å². The third-order valence-electron chi connectivity index (χ3n) is 3.81. The average molecular weight is 305 g/mol. The molecule has 1 aliphatic heterocycles. The molecular weight excluding hydrogens is 282 g/mol. The highest BCUT2D eigenvalue weighted by molar-refractivity contribution is 5.91. The minimum atomic E-state index is -0.308. The minimum absolute atomic E-state index is 0.124. The quantitative estimate of drug-likeness (QED) is 0.913. The summed E-state index contributed by atoms with van der Waals surface area (Å²) in [6.45, 7) is 8.12. The number of hydrogen-bond acceptors (Lipinski definition) is 3. The third-order valence-corrected chi connectivity index (χ3v) is 3.81. The van der Waals surface area contributed by atoms with Crippen LogP contribution in [0, 0.1) is 13.8 Å². The molecule has 6 heteroatoms. The van der Waals surface area contributed by atoms with Crippen LogP contribution in [0.2, 0.25) is 0 Å². The van der Waals surface area contributed by atoms with E-state index in [1.54, 1.807) is 16.7 Å². The van der Waals surface area contributed by atoms with Gasteiger partial charge in [0, 0.05) is 31.9 Å². The molecule has 2 rings (SSSR count). The third kappa shape index (κ3) is 3.69. The lowest BCUT2D eigenvalue weighted by molar-refractivity contribution is 0.0868. The summed E-state index contributed by atoms with van der Waals surface area (Å²) in [5.41, 5.74) is 2.94. The number of carbonyl (C=O) groups is 2. The van der Waals surface area contributed by atoms with Crippen molar-refractivity contribution in [3.63, 3.8) is 0 Å². The number of aryl methyl sites for hydroxylation is 2. The van der Waals surface area contributed by atoms with Crippen molar-refractivity contribution < 1.29 is 14.3 Å². The Bertz CT molecular complexity index is 531. The summed E-state index contributed by atoms with van der Waals surface area (Å²) >= 11 is 0. The summed E-state index contributed by atoms with van der Waals surface area (Å²) in [6, 6.07) is 5.79. The first-order valence-corrected chi connectivity index (χ1v) is 7.56. The number of ether oxygens (including phenoxy) is 1. The van der Waals surface area contributed by atoms with Crippen LogP contribution in [0.1, 0.15) is 18.1 Å². The first-order chi connectivity index (χ1) is 10.5. The minimum Gasteiger partial charge on any atom is -0.450 e. The van der Waals surface area contributed by atoms with Gasteiger partial charge in [-0.2, -0.15) is 0 Å². The second-order valence-corrected chi connectivity index (χ2v) is 5.37. The lowest BCUT2D eigenvalue weighted by atomic mass is 10.1. The van der Waals surface area contributed by atoms with Gasteiger partial charge in [-0.25, -0.2) is 9.59 Å². The monoisotopic (exact) mass is 305 g/mol. The van der Waals surface area contributed by atoms with Gasteiger partial charge in [-0.1, -0.05) is 18.2 Å². The van der Waals surface area contributed by atoms with Crippen LogP contribution in [0.25, 0.3) is 0 Å². The lowest BCUT2D eigenvalue weighted by Crippen LogP contribution is -2.51. The Kier molecular flexibility index (Phi) is 5.25. The molecule has 1 heterocycles. The second kappa shape index (κ2) is 7.15. The molecule has 0 aliphatic carbocycles. The number of benzene rings is 1. The molecule has 1 aromatic rings. The maximum Gasteiger partial charge on any atom is 0.409 e. The summed E-state index contributed by atoms with van der Waals surface area (Å²) in [7, 11) is 0. The predicted octanol–water partition coefficient (Wildman–Crippen LogP) is 2.61. The van der Waals surface area contributed by atoms with Crippen LogP contribution in [-0.4, -0.2) is 54.7 Å². The molecule has 1 aliphatic rings. The Labute approximate surface area is 131 Å². The van der Waals surface area contributed by atoms with E-state index < -0.39 is 0 Å². The summed E-state index contributed by atoms with van der Waals surface area (Å²) in [6.07, 6.45) is -0.308. The van der Waals surface area contributed by atoms with Crippen molar-refractivity contribution in [1.82, 2.24) is 9.80 Å². The van der Waals surface area contributed by atoms with Crippen molar-refractivity contribution in [2.24, 2.45) is 0 Å². The predicted molar refractivity (Wildman–Crippen MR) is 85.1 cm³/mol. The fourth-order valence-corrected chi connectivity index (χ4v) is 2.50. The summed E-state index contributed by atoms with van der Waals surface area (Å²) < 4.78 is 4.97. The molecule has 1 saturated heterocycles. The SMILES string of the molecule is CCOC(=O)N1CCN(C(=O)Nc2c(C)cccc2C)CC1. The average Bonchev–Trinajstić information content (AvgIpc) is 2.51. The Morgan fingerprint density at radius 3 is 2.18 bits per heavy atom. The van der Waals surface area contributed by atoms with Crippen LogP contribution >= 0.6 is 0 Å². The highest BCUT2D eigenvalue weighted by Gasteiger charge is 2.25. The molecule has 1 fully saturated rings. The molecule has 3 amide bonds. The number of piperazine rings is 1. The van der Waals surface area contributed by atoms with E-state index in [2.05, 4.69) is 5.32 Å². The Morgan fingerprint density at radius 2 is 1.64 bits per heavy atom. The highest BCUT2D eigenvalue weighted by Crippen LogP contribution is 2.20. The molecule has 0 atom stereocenters. The van der Waals surface area contributed by atoms with E-state index >= 15 is 0 Å². The number of amides is 3. The molecule has 0 saturated carbocycles. The number of urea groups is 1. The number of carbonyl (C=O) groups excluding carboxylic acids is 2. The Hall–Kier alpha value is -2.24. The molecule has 1 N–H and O–H groups in total. The molecular formula is C16H23N3O3. The number of nitrogens with zero attached hydrogens (tertiary/aromatic N) is 2. The zero-order valence-corrected chi connectivity index (χ0v) is 13.4. The van der Waals surface area contributed by atoms with Crippen LogP contribution < -0.4 is 5.32 Å². The van der Waals surface area contributed by atoms with Crippen molar-refractivity contribution in [2.75, 3.05) is 38.1 Å². The van der Waals surface area contributed by atoms with E-state index in [-0.39, 0.29) is 12.1 Å². The van der Waals surface area contributed by atoms with Crippen LogP contribution in [0.5, 0.6) is 0 Å². The van der Waals surface area contributed by atoms with Crippen molar-refractivity contribution >= 4 is 17.8 Å². The Morgan fingerprint density at radius 1 is 1.09 bits per heavy atom. The first kappa shape index (κ1) is 16.1. The standard InChI is InChI=1S/C16H23N3O3/c1-4-22-16(21)19-10-8-18(9-11-19)15(20)17-14-12(2)6-5-7-13(14)3/h5-7H,4,8-11H2,1-3H3,(H,17,20). The molecule has 0 unspecified atom stereocenters. The number of rotatable bonds is 2. The van der Waals surface area contributed by atoms with E-state index in [0.29, 0.717) is 32.8 Å². The van der Waals surface area contributed by atoms with Gasteiger partial charge in [-0.3, -0.25) is 0 Å². The molecule has 0 spiro atoms. The van der Waals surface area contributed by atoms with Crippen molar-refractivity contribution in [1.29, 1.82) is 0 Å². The smallest absolute Gasteiger partial charge is 0.409 e. The fraction of sp³-hybridized carbons (Fsp3) is 0.500. The maximum atomic E-state index is 12.4. The van der Waals surface area contributed by atoms with Crippen LogP contribution in [0.15, 0.2) is 18.2 Å². The van der Waals surface area contributed by atoms with Crippen molar-refractivity contribution in [3.8, 4) is 0 Å². The number of para-hydroxylation sites is 1. The molecule has 0 radical (unpaired) electrons. The van der Waals surface area contributed by atoms with Gasteiger partial charge in [0.1, 0.15) is 0 Å². The van der Waals surface area contributed by atoms with E-state index in [0.717, 1.165) is 16.8 Å². The van der Waals surface area contributed by atoms with Gasteiger partial charge in [0.2, 0.25) is 0 Å². The van der Waals surface area contributed by atoms with E-state index in [1.165, 1.54) is 0 Å². The van der Waals surface area contributed by atoms with Crippen LogP contribution in [0.3, 0.4) is 0 Å². The van der Waals surface area contributed by atoms with Gasteiger partial charge >= 0.3 is 12.1 Å². The number of nitrogens with one attached hydrogen (secondary N) is 1. The zero-order chi connectivity index (χ0) is 16.1. The largest absolute Gasteiger partial charge is 0.450 e. The fourth-order valence-electron chi connectivity index (χ4n) is 2.50. The van der Waals surface area contributed by atoms with E-state index in [4.69, 9.17) is 4.74 Å². The normalized spacial score (nSPS) is 14.7. The number of anilines is 1. The number of hydrogen-bond donors (Lipinski definition) is 1.